The normalized spacial score (nSPS) is 16.2. The number of nitrogens with zero attached hydrogens (tertiary/aromatic N) is 3. The maximum absolute atomic E-state index is 4.63. The van der Waals surface area contributed by atoms with Crippen molar-refractivity contribution >= 4 is 6.21 Å². The van der Waals surface area contributed by atoms with Crippen molar-refractivity contribution in [1.82, 2.24) is 9.91 Å². The number of hydrogen-bond donors (Lipinski definition) is 0. The first-order chi connectivity index (χ1) is 11.2. The van der Waals surface area contributed by atoms with E-state index in [2.05, 4.69) is 77.4 Å². The van der Waals surface area contributed by atoms with Crippen molar-refractivity contribution in [3.8, 4) is 0 Å². The molecular weight excluding hydrogens is 282 g/mol. The van der Waals surface area contributed by atoms with Gasteiger partial charge < -0.3 is 0 Å². The van der Waals surface area contributed by atoms with Crippen LogP contribution in [0.25, 0.3) is 0 Å². The SMILES string of the molecule is Cc1ccc(CN2CCN(/N=C\c3cccc(C)c3)CC2)cc1. The molecule has 0 bridgehead atoms. The Balaban J connectivity index is 1.49. The summed E-state index contributed by atoms with van der Waals surface area (Å²) in [6.07, 6.45) is 1.97. The summed E-state index contributed by atoms with van der Waals surface area (Å²) in [7, 11) is 0. The van der Waals surface area contributed by atoms with Gasteiger partial charge in [-0.15, -0.1) is 0 Å². The Morgan fingerprint density at radius 3 is 2.35 bits per heavy atom. The number of hydrogen-bond acceptors (Lipinski definition) is 3. The molecule has 3 heteroatoms. The topological polar surface area (TPSA) is 18.8 Å². The van der Waals surface area contributed by atoms with Gasteiger partial charge in [-0.2, -0.15) is 5.10 Å². The zero-order valence-corrected chi connectivity index (χ0v) is 14.1. The summed E-state index contributed by atoms with van der Waals surface area (Å²) in [5, 5.41) is 6.80. The van der Waals surface area contributed by atoms with Gasteiger partial charge in [-0.1, -0.05) is 59.7 Å². The molecule has 1 fully saturated rings. The van der Waals surface area contributed by atoms with E-state index in [1.807, 2.05) is 6.21 Å². The van der Waals surface area contributed by atoms with Gasteiger partial charge in [0.2, 0.25) is 0 Å². The molecular formula is C20H25N3. The van der Waals surface area contributed by atoms with Crippen LogP contribution >= 0.6 is 0 Å². The predicted octanol–water partition coefficient (Wildman–Crippen LogP) is 3.46. The predicted molar refractivity (Wildman–Crippen MR) is 96.8 cm³/mol. The average molecular weight is 307 g/mol. The summed E-state index contributed by atoms with van der Waals surface area (Å²) in [6, 6.07) is 17.3. The van der Waals surface area contributed by atoms with Crippen molar-refractivity contribution in [2.24, 2.45) is 5.10 Å². The van der Waals surface area contributed by atoms with Crippen molar-refractivity contribution in [2.45, 2.75) is 20.4 Å². The molecule has 0 radical (unpaired) electrons. The second-order valence-electron chi connectivity index (χ2n) is 6.37. The maximum atomic E-state index is 4.63. The van der Waals surface area contributed by atoms with E-state index in [-0.39, 0.29) is 0 Å². The Kier molecular flexibility index (Phi) is 5.09. The lowest BCUT2D eigenvalue weighted by atomic mass is 10.1. The maximum Gasteiger partial charge on any atom is 0.0543 e. The summed E-state index contributed by atoms with van der Waals surface area (Å²) in [6.45, 7) is 9.41. The summed E-state index contributed by atoms with van der Waals surface area (Å²) >= 11 is 0. The van der Waals surface area contributed by atoms with Gasteiger partial charge in [-0.25, -0.2) is 0 Å². The molecule has 0 saturated carbocycles. The van der Waals surface area contributed by atoms with E-state index in [9.17, 15) is 0 Å². The van der Waals surface area contributed by atoms with Crippen LogP contribution in [0.1, 0.15) is 22.3 Å². The molecule has 0 N–H and O–H groups in total. The molecule has 1 aliphatic heterocycles. The van der Waals surface area contributed by atoms with Crippen LogP contribution in [-0.2, 0) is 6.54 Å². The minimum absolute atomic E-state index is 0.994. The molecule has 2 aromatic rings. The first kappa shape index (κ1) is 15.8. The quantitative estimate of drug-likeness (QED) is 0.806. The first-order valence-corrected chi connectivity index (χ1v) is 8.32. The molecule has 1 aliphatic rings. The zero-order valence-electron chi connectivity index (χ0n) is 14.1. The van der Waals surface area contributed by atoms with Crippen molar-refractivity contribution in [3.05, 3.63) is 70.8 Å². The molecule has 0 unspecified atom stereocenters. The average Bonchev–Trinajstić information content (AvgIpc) is 2.56. The third kappa shape index (κ3) is 4.67. The Labute approximate surface area is 139 Å². The van der Waals surface area contributed by atoms with E-state index >= 15 is 0 Å². The van der Waals surface area contributed by atoms with Gasteiger partial charge in [-0.05, 0) is 25.0 Å². The summed E-state index contributed by atoms with van der Waals surface area (Å²) < 4.78 is 0. The number of hydrazone groups is 1. The molecule has 1 saturated heterocycles. The number of aryl methyl sites for hydroxylation is 2. The largest absolute Gasteiger partial charge is 0.295 e. The van der Waals surface area contributed by atoms with Crippen LogP contribution in [0.2, 0.25) is 0 Å². The monoisotopic (exact) mass is 307 g/mol. The minimum atomic E-state index is 0.994. The van der Waals surface area contributed by atoms with Gasteiger partial charge in [0.15, 0.2) is 0 Å². The molecule has 3 rings (SSSR count). The summed E-state index contributed by atoms with van der Waals surface area (Å²) in [5.74, 6) is 0. The Hall–Kier alpha value is -2.13. The molecule has 0 aliphatic carbocycles. The Morgan fingerprint density at radius 1 is 0.913 bits per heavy atom. The second kappa shape index (κ2) is 7.42. The van der Waals surface area contributed by atoms with Crippen LogP contribution in [0.4, 0.5) is 0 Å². The van der Waals surface area contributed by atoms with Crippen molar-refractivity contribution in [2.75, 3.05) is 26.2 Å². The van der Waals surface area contributed by atoms with E-state index in [0.29, 0.717) is 0 Å². The van der Waals surface area contributed by atoms with Crippen LogP contribution in [0.5, 0.6) is 0 Å². The zero-order chi connectivity index (χ0) is 16.1. The van der Waals surface area contributed by atoms with Crippen LogP contribution in [0, 0.1) is 13.8 Å². The smallest absolute Gasteiger partial charge is 0.0543 e. The van der Waals surface area contributed by atoms with Crippen molar-refractivity contribution in [3.63, 3.8) is 0 Å². The van der Waals surface area contributed by atoms with Gasteiger partial charge >= 0.3 is 0 Å². The number of piperazine rings is 1. The van der Waals surface area contributed by atoms with Crippen molar-refractivity contribution < 1.29 is 0 Å². The van der Waals surface area contributed by atoms with E-state index in [4.69, 9.17) is 0 Å². The van der Waals surface area contributed by atoms with Gasteiger partial charge in [-0.3, -0.25) is 9.91 Å². The number of benzene rings is 2. The fourth-order valence-corrected chi connectivity index (χ4v) is 2.86. The molecule has 3 nitrogen and oxygen atoms in total. The standard InChI is InChI=1S/C20H25N3/c1-17-6-8-19(9-7-17)16-22-10-12-23(13-11-22)21-15-20-5-3-4-18(2)14-20/h3-9,14-15H,10-13,16H2,1-2H3/b21-15-. The molecule has 23 heavy (non-hydrogen) atoms. The Bertz CT molecular complexity index is 653. The molecule has 0 aromatic heterocycles. The van der Waals surface area contributed by atoms with E-state index in [1.165, 1.54) is 22.3 Å². The van der Waals surface area contributed by atoms with E-state index < -0.39 is 0 Å². The highest BCUT2D eigenvalue weighted by Gasteiger charge is 2.15. The molecule has 0 atom stereocenters. The van der Waals surface area contributed by atoms with Crippen molar-refractivity contribution in [1.29, 1.82) is 0 Å². The molecule has 1 heterocycles. The molecule has 120 valence electrons. The van der Waals surface area contributed by atoms with Crippen LogP contribution < -0.4 is 0 Å². The van der Waals surface area contributed by atoms with Crippen LogP contribution in [0.3, 0.4) is 0 Å². The minimum Gasteiger partial charge on any atom is -0.295 e. The fraction of sp³-hybridized carbons (Fsp3) is 0.350. The lowest BCUT2D eigenvalue weighted by Gasteiger charge is -2.33. The van der Waals surface area contributed by atoms with Gasteiger partial charge in [0.05, 0.1) is 6.21 Å². The number of rotatable bonds is 4. The Morgan fingerprint density at radius 2 is 1.65 bits per heavy atom. The lowest BCUT2D eigenvalue weighted by Crippen LogP contribution is -2.43. The lowest BCUT2D eigenvalue weighted by molar-refractivity contribution is 0.131. The van der Waals surface area contributed by atoms with Gasteiger partial charge in [0, 0.05) is 32.7 Å². The summed E-state index contributed by atoms with van der Waals surface area (Å²) in [5.41, 5.74) is 5.17. The van der Waals surface area contributed by atoms with E-state index in [0.717, 1.165) is 32.7 Å². The molecule has 2 aromatic carbocycles. The highest BCUT2D eigenvalue weighted by atomic mass is 15.5. The van der Waals surface area contributed by atoms with Gasteiger partial charge in [0.25, 0.3) is 0 Å². The molecule has 0 amide bonds. The van der Waals surface area contributed by atoms with Gasteiger partial charge in [0.1, 0.15) is 0 Å². The van der Waals surface area contributed by atoms with Crippen LogP contribution in [-0.4, -0.2) is 42.3 Å². The highest BCUT2D eigenvalue weighted by Crippen LogP contribution is 2.10. The highest BCUT2D eigenvalue weighted by molar-refractivity contribution is 5.79. The third-order valence-electron chi connectivity index (χ3n) is 4.29. The first-order valence-electron chi connectivity index (χ1n) is 8.32. The third-order valence-corrected chi connectivity index (χ3v) is 4.29. The van der Waals surface area contributed by atoms with E-state index in [1.54, 1.807) is 0 Å². The second-order valence-corrected chi connectivity index (χ2v) is 6.37. The molecule has 0 spiro atoms. The van der Waals surface area contributed by atoms with Crippen LogP contribution in [0.15, 0.2) is 53.6 Å². The fourth-order valence-electron chi connectivity index (χ4n) is 2.86. The summed E-state index contributed by atoms with van der Waals surface area (Å²) in [4.78, 5) is 2.50.